The van der Waals surface area contributed by atoms with Crippen LogP contribution in [0.5, 0.6) is 11.5 Å². The number of aromatic nitrogens is 3. The Hall–Kier alpha value is -2.94. The van der Waals surface area contributed by atoms with E-state index in [0.29, 0.717) is 31.4 Å². The fourth-order valence-electron chi connectivity index (χ4n) is 4.73. The smallest absolute Gasteiger partial charge is 0.222 e. The van der Waals surface area contributed by atoms with Crippen LogP contribution in [0.4, 0.5) is 5.82 Å². The molecule has 1 saturated heterocycles. The predicted molar refractivity (Wildman–Crippen MR) is 132 cm³/mol. The highest BCUT2D eigenvalue weighted by Crippen LogP contribution is 2.40. The number of aryl methyl sites for hydroxylation is 2. The summed E-state index contributed by atoms with van der Waals surface area (Å²) in [6.45, 7) is 7.71. The number of nitrogens with two attached hydrogens (primary N) is 1. The van der Waals surface area contributed by atoms with E-state index in [2.05, 4.69) is 16.5 Å². The number of fused-ring (bicyclic) bond motifs is 2. The van der Waals surface area contributed by atoms with E-state index >= 15 is 0 Å². The maximum Gasteiger partial charge on any atom is 0.222 e. The Morgan fingerprint density at radius 2 is 1.94 bits per heavy atom. The number of hydrogen-bond acceptors (Lipinski definition) is 7. The molecule has 1 aromatic carbocycles. The third kappa shape index (κ3) is 4.53. The molecule has 0 unspecified atom stereocenters. The summed E-state index contributed by atoms with van der Waals surface area (Å²) >= 11 is 1.62. The van der Waals surface area contributed by atoms with Crippen molar-refractivity contribution in [2.75, 3.05) is 32.0 Å². The number of nitrogens with zero attached hydrogens (tertiary/aromatic N) is 4. The lowest BCUT2D eigenvalue weighted by Gasteiger charge is -2.32. The topological polar surface area (TPSA) is 95.5 Å². The van der Waals surface area contributed by atoms with Crippen LogP contribution in [-0.4, -0.2) is 51.6 Å². The van der Waals surface area contributed by atoms with Crippen LogP contribution in [0.1, 0.15) is 38.2 Å². The fraction of sp³-hybridized carbons (Fsp3) is 0.480. The number of anilines is 1. The Bertz CT molecular complexity index is 1200. The van der Waals surface area contributed by atoms with Crippen LogP contribution in [0.3, 0.4) is 0 Å². The summed E-state index contributed by atoms with van der Waals surface area (Å²) in [6, 6.07) is 6.06. The number of hydrogen-bond donors (Lipinski definition) is 1. The van der Waals surface area contributed by atoms with Gasteiger partial charge in [0.05, 0.1) is 5.52 Å². The monoisotopic (exact) mass is 481 g/mol. The summed E-state index contributed by atoms with van der Waals surface area (Å²) in [7, 11) is 0. The van der Waals surface area contributed by atoms with Crippen molar-refractivity contribution >= 4 is 34.5 Å². The van der Waals surface area contributed by atoms with Crippen molar-refractivity contribution < 1.29 is 14.3 Å². The SMILES string of the molecule is CCC(=O)N1CCC(CCn2c(Sc3cc4c(cc3C)OCCO4)nc3c(N)nccc32)CC1. The third-order valence-electron chi connectivity index (χ3n) is 6.73. The Kier molecular flexibility index (Phi) is 6.54. The largest absolute Gasteiger partial charge is 0.486 e. The van der Waals surface area contributed by atoms with Gasteiger partial charge in [0, 0.05) is 37.1 Å². The lowest BCUT2D eigenvalue weighted by Crippen LogP contribution is -2.38. The number of likely N-dealkylation sites (tertiary alicyclic amines) is 1. The molecular weight excluding hydrogens is 450 g/mol. The van der Waals surface area contributed by atoms with Crippen LogP contribution >= 0.6 is 11.8 Å². The zero-order chi connectivity index (χ0) is 23.7. The van der Waals surface area contributed by atoms with Crippen molar-refractivity contribution in [1.29, 1.82) is 0 Å². The molecule has 5 rings (SSSR count). The van der Waals surface area contributed by atoms with Crippen molar-refractivity contribution in [2.24, 2.45) is 5.92 Å². The van der Waals surface area contributed by atoms with Gasteiger partial charge in [0.2, 0.25) is 5.91 Å². The minimum absolute atomic E-state index is 0.260. The first kappa shape index (κ1) is 22.8. The van der Waals surface area contributed by atoms with E-state index in [-0.39, 0.29) is 5.91 Å². The molecule has 2 aliphatic heterocycles. The van der Waals surface area contributed by atoms with Crippen molar-refractivity contribution in [2.45, 2.75) is 56.1 Å². The van der Waals surface area contributed by atoms with Gasteiger partial charge in [-0.2, -0.15) is 0 Å². The molecule has 0 atom stereocenters. The van der Waals surface area contributed by atoms with Gasteiger partial charge in [0.25, 0.3) is 0 Å². The highest BCUT2D eigenvalue weighted by molar-refractivity contribution is 7.99. The van der Waals surface area contributed by atoms with Gasteiger partial charge < -0.3 is 24.7 Å². The van der Waals surface area contributed by atoms with Crippen molar-refractivity contribution in [3.8, 4) is 11.5 Å². The molecule has 0 bridgehead atoms. The summed E-state index contributed by atoms with van der Waals surface area (Å²) < 4.78 is 13.8. The number of piperidine rings is 1. The zero-order valence-corrected chi connectivity index (χ0v) is 20.6. The minimum atomic E-state index is 0.260. The zero-order valence-electron chi connectivity index (χ0n) is 19.7. The predicted octanol–water partition coefficient (Wildman–Crippen LogP) is 4.28. The first-order valence-corrected chi connectivity index (χ1v) is 12.8. The number of ether oxygens (including phenoxy) is 2. The standard InChI is InChI=1S/C25H31N5O3S/c1-3-22(31)29-9-5-17(6-10-29)7-11-30-18-4-8-27-24(26)23(18)28-25(30)34-21-15-20-19(14-16(21)2)32-12-13-33-20/h4,8,14-15,17H,3,5-7,9-13H2,1-2H3,(H2,26,27). The number of imidazole rings is 1. The van der Waals surface area contributed by atoms with Crippen molar-refractivity contribution in [1.82, 2.24) is 19.4 Å². The summed E-state index contributed by atoms with van der Waals surface area (Å²) in [5.74, 6) is 2.87. The van der Waals surface area contributed by atoms with E-state index < -0.39 is 0 Å². The van der Waals surface area contributed by atoms with Gasteiger partial charge in [0.15, 0.2) is 22.5 Å². The highest BCUT2D eigenvalue weighted by Gasteiger charge is 2.23. The molecule has 2 aromatic heterocycles. The van der Waals surface area contributed by atoms with E-state index in [0.717, 1.165) is 77.0 Å². The van der Waals surface area contributed by atoms with Crippen LogP contribution in [0.25, 0.3) is 11.0 Å². The molecule has 3 aromatic rings. The molecule has 1 fully saturated rings. The van der Waals surface area contributed by atoms with Crippen LogP contribution in [0.15, 0.2) is 34.4 Å². The van der Waals surface area contributed by atoms with Gasteiger partial charge >= 0.3 is 0 Å². The molecule has 2 aliphatic rings. The molecule has 2 N–H and O–H groups in total. The summed E-state index contributed by atoms with van der Waals surface area (Å²) in [5, 5.41) is 0.896. The van der Waals surface area contributed by atoms with E-state index in [4.69, 9.17) is 20.2 Å². The van der Waals surface area contributed by atoms with Gasteiger partial charge in [-0.15, -0.1) is 0 Å². The van der Waals surface area contributed by atoms with Crippen molar-refractivity contribution in [3.63, 3.8) is 0 Å². The number of benzene rings is 1. The summed E-state index contributed by atoms with van der Waals surface area (Å²) in [6.07, 6.45) is 5.46. The summed E-state index contributed by atoms with van der Waals surface area (Å²) in [5.41, 5.74) is 9.04. The van der Waals surface area contributed by atoms with Crippen LogP contribution in [0, 0.1) is 12.8 Å². The Morgan fingerprint density at radius 3 is 2.68 bits per heavy atom. The molecule has 0 radical (unpaired) electrons. The average Bonchev–Trinajstić information content (AvgIpc) is 3.21. The number of pyridine rings is 1. The molecular formula is C25H31N5O3S. The molecule has 34 heavy (non-hydrogen) atoms. The third-order valence-corrected chi connectivity index (χ3v) is 7.89. The molecule has 1 amide bonds. The number of carbonyl (C=O) groups is 1. The molecule has 9 heteroatoms. The normalized spacial score (nSPS) is 16.2. The van der Waals surface area contributed by atoms with E-state index in [9.17, 15) is 4.79 Å². The first-order chi connectivity index (χ1) is 16.5. The van der Waals surface area contributed by atoms with Crippen LogP contribution in [-0.2, 0) is 11.3 Å². The van der Waals surface area contributed by atoms with E-state index in [1.807, 2.05) is 30.0 Å². The maximum absolute atomic E-state index is 12.0. The van der Waals surface area contributed by atoms with Gasteiger partial charge in [-0.3, -0.25) is 4.79 Å². The Morgan fingerprint density at radius 1 is 1.21 bits per heavy atom. The fourth-order valence-corrected chi connectivity index (χ4v) is 5.75. The second-order valence-electron chi connectivity index (χ2n) is 8.94. The number of rotatable bonds is 6. The lowest BCUT2D eigenvalue weighted by atomic mass is 9.93. The molecule has 4 heterocycles. The highest BCUT2D eigenvalue weighted by atomic mass is 32.2. The van der Waals surface area contributed by atoms with Gasteiger partial charge in [0.1, 0.15) is 18.7 Å². The Labute approximate surface area is 203 Å². The molecule has 0 aliphatic carbocycles. The number of carbonyl (C=O) groups excluding carboxylic acids is 1. The number of nitrogen functional groups attached to an aromatic ring is 1. The molecule has 0 saturated carbocycles. The Balaban J connectivity index is 1.38. The number of amides is 1. The van der Waals surface area contributed by atoms with E-state index in [1.165, 1.54) is 0 Å². The molecule has 0 spiro atoms. The quantitative estimate of drug-likeness (QED) is 0.561. The molecule has 180 valence electrons. The van der Waals surface area contributed by atoms with Crippen molar-refractivity contribution in [3.05, 3.63) is 30.0 Å². The second kappa shape index (κ2) is 9.74. The van der Waals surface area contributed by atoms with Gasteiger partial charge in [-0.1, -0.05) is 18.7 Å². The average molecular weight is 482 g/mol. The van der Waals surface area contributed by atoms with E-state index in [1.54, 1.807) is 18.0 Å². The lowest BCUT2D eigenvalue weighted by molar-refractivity contribution is -0.132. The second-order valence-corrected chi connectivity index (χ2v) is 9.95. The summed E-state index contributed by atoms with van der Waals surface area (Å²) in [4.78, 5) is 24.2. The maximum atomic E-state index is 12.0. The van der Waals surface area contributed by atoms with Gasteiger partial charge in [-0.05, 0) is 55.9 Å². The van der Waals surface area contributed by atoms with Crippen LogP contribution < -0.4 is 15.2 Å². The first-order valence-electron chi connectivity index (χ1n) is 12.0. The van der Waals surface area contributed by atoms with Gasteiger partial charge in [-0.25, -0.2) is 9.97 Å². The van der Waals surface area contributed by atoms with Crippen LogP contribution in [0.2, 0.25) is 0 Å². The molecule has 8 nitrogen and oxygen atoms in total. The minimum Gasteiger partial charge on any atom is -0.486 e.